The topological polar surface area (TPSA) is 80.9 Å². The van der Waals surface area contributed by atoms with E-state index in [1.54, 1.807) is 31.8 Å². The Balaban J connectivity index is 0.00000341. The number of guanidine groups is 1. The summed E-state index contributed by atoms with van der Waals surface area (Å²) in [6.07, 6.45) is 3.57. The SMILES string of the molecule is CCOc1cc(CCCNC(=NC)NCc2coc(-c3cccs3)n2)ccc1OC.I. The summed E-state index contributed by atoms with van der Waals surface area (Å²) in [7, 11) is 3.41. The normalized spacial score (nSPS) is 11.0. The third kappa shape index (κ3) is 7.42. The summed E-state index contributed by atoms with van der Waals surface area (Å²) in [6.45, 7) is 3.93. The minimum atomic E-state index is 0. The van der Waals surface area contributed by atoms with Gasteiger partial charge in [0.2, 0.25) is 5.89 Å². The van der Waals surface area contributed by atoms with Crippen molar-refractivity contribution in [1.29, 1.82) is 0 Å². The van der Waals surface area contributed by atoms with Crippen molar-refractivity contribution in [3.8, 4) is 22.3 Å². The Bertz CT molecular complexity index is 944. The van der Waals surface area contributed by atoms with Crippen molar-refractivity contribution in [2.45, 2.75) is 26.3 Å². The van der Waals surface area contributed by atoms with Crippen LogP contribution in [0, 0.1) is 0 Å². The summed E-state index contributed by atoms with van der Waals surface area (Å²) >= 11 is 1.61. The maximum absolute atomic E-state index is 5.65. The minimum Gasteiger partial charge on any atom is -0.493 e. The highest BCUT2D eigenvalue weighted by atomic mass is 127. The number of nitrogens with one attached hydrogen (secondary N) is 2. The molecule has 0 atom stereocenters. The van der Waals surface area contributed by atoms with Crippen molar-refractivity contribution in [3.05, 3.63) is 53.2 Å². The van der Waals surface area contributed by atoms with E-state index in [9.17, 15) is 0 Å². The lowest BCUT2D eigenvalue weighted by Crippen LogP contribution is -2.37. The molecule has 0 fully saturated rings. The van der Waals surface area contributed by atoms with Crippen LogP contribution in [0.3, 0.4) is 0 Å². The summed E-state index contributed by atoms with van der Waals surface area (Å²) in [4.78, 5) is 9.80. The second kappa shape index (κ2) is 13.2. The monoisotopic (exact) mass is 556 g/mol. The zero-order chi connectivity index (χ0) is 21.2. The Kier molecular flexibility index (Phi) is 10.6. The number of aliphatic imine (C=N–C) groups is 1. The Morgan fingerprint density at radius 2 is 2.10 bits per heavy atom. The first-order chi connectivity index (χ1) is 14.7. The maximum atomic E-state index is 5.65. The van der Waals surface area contributed by atoms with Crippen molar-refractivity contribution in [2.24, 2.45) is 4.99 Å². The van der Waals surface area contributed by atoms with Gasteiger partial charge in [-0.15, -0.1) is 35.3 Å². The fourth-order valence-electron chi connectivity index (χ4n) is 2.94. The Morgan fingerprint density at radius 1 is 1.23 bits per heavy atom. The smallest absolute Gasteiger partial charge is 0.236 e. The first-order valence-electron chi connectivity index (χ1n) is 9.96. The number of ether oxygens (including phenoxy) is 2. The van der Waals surface area contributed by atoms with Crippen LogP contribution in [0.25, 0.3) is 10.8 Å². The number of nitrogens with zero attached hydrogens (tertiary/aromatic N) is 2. The van der Waals surface area contributed by atoms with Crippen molar-refractivity contribution >= 4 is 41.3 Å². The van der Waals surface area contributed by atoms with Crippen molar-refractivity contribution in [1.82, 2.24) is 15.6 Å². The van der Waals surface area contributed by atoms with E-state index in [0.29, 0.717) is 19.0 Å². The molecular weight excluding hydrogens is 527 g/mol. The minimum absolute atomic E-state index is 0. The largest absolute Gasteiger partial charge is 0.493 e. The van der Waals surface area contributed by atoms with Crippen LogP contribution in [0.2, 0.25) is 0 Å². The lowest BCUT2D eigenvalue weighted by molar-refractivity contribution is 0.310. The molecule has 31 heavy (non-hydrogen) atoms. The average Bonchev–Trinajstić information content (AvgIpc) is 3.45. The van der Waals surface area contributed by atoms with Crippen LogP contribution in [0.1, 0.15) is 24.6 Å². The number of thiophene rings is 1. The third-order valence-corrected chi connectivity index (χ3v) is 5.26. The number of benzene rings is 1. The van der Waals surface area contributed by atoms with E-state index in [4.69, 9.17) is 13.9 Å². The lowest BCUT2D eigenvalue weighted by Gasteiger charge is -2.12. The molecule has 0 aliphatic heterocycles. The van der Waals surface area contributed by atoms with Gasteiger partial charge >= 0.3 is 0 Å². The van der Waals surface area contributed by atoms with Crippen LogP contribution in [0.15, 0.2) is 51.4 Å². The molecule has 0 saturated heterocycles. The fraction of sp³-hybridized carbons (Fsp3) is 0.364. The van der Waals surface area contributed by atoms with E-state index < -0.39 is 0 Å². The number of aryl methyl sites for hydroxylation is 1. The van der Waals surface area contributed by atoms with E-state index in [2.05, 4.69) is 26.7 Å². The zero-order valence-corrected chi connectivity index (χ0v) is 21.2. The Labute approximate surface area is 204 Å². The summed E-state index contributed by atoms with van der Waals surface area (Å²) in [5, 5.41) is 8.61. The van der Waals surface area contributed by atoms with Crippen LogP contribution >= 0.6 is 35.3 Å². The van der Waals surface area contributed by atoms with Crippen molar-refractivity contribution in [2.75, 3.05) is 27.3 Å². The predicted octanol–water partition coefficient (Wildman–Crippen LogP) is 4.73. The van der Waals surface area contributed by atoms with Crippen LogP contribution in [0.5, 0.6) is 11.5 Å². The first-order valence-corrected chi connectivity index (χ1v) is 10.8. The van der Waals surface area contributed by atoms with Crippen molar-refractivity contribution < 1.29 is 13.9 Å². The molecule has 0 spiro atoms. The number of rotatable bonds is 10. The van der Waals surface area contributed by atoms with Gasteiger partial charge in [-0.25, -0.2) is 4.98 Å². The Morgan fingerprint density at radius 3 is 2.81 bits per heavy atom. The predicted molar refractivity (Wildman–Crippen MR) is 136 cm³/mol. The maximum Gasteiger partial charge on any atom is 0.236 e. The van der Waals surface area contributed by atoms with E-state index >= 15 is 0 Å². The molecule has 168 valence electrons. The fourth-order valence-corrected chi connectivity index (χ4v) is 3.60. The summed E-state index contributed by atoms with van der Waals surface area (Å²) in [5.74, 6) is 2.94. The molecule has 2 N–H and O–H groups in total. The van der Waals surface area contributed by atoms with Crippen LogP contribution < -0.4 is 20.1 Å². The van der Waals surface area contributed by atoms with Gasteiger partial charge in [0, 0.05) is 13.6 Å². The van der Waals surface area contributed by atoms with Gasteiger partial charge in [-0.2, -0.15) is 0 Å². The summed E-state index contributed by atoms with van der Waals surface area (Å²) in [6, 6.07) is 10.1. The van der Waals surface area contributed by atoms with Gasteiger partial charge in [0.15, 0.2) is 17.5 Å². The molecule has 3 rings (SSSR count). The molecule has 9 heteroatoms. The molecule has 0 bridgehead atoms. The molecule has 7 nitrogen and oxygen atoms in total. The van der Waals surface area contributed by atoms with Crippen molar-refractivity contribution in [3.63, 3.8) is 0 Å². The molecule has 0 radical (unpaired) electrons. The number of oxazole rings is 1. The van der Waals surface area contributed by atoms with Gasteiger partial charge in [-0.1, -0.05) is 12.1 Å². The average molecular weight is 556 g/mol. The van der Waals surface area contributed by atoms with Gasteiger partial charge in [0.1, 0.15) is 6.26 Å². The number of methoxy groups -OCH3 is 1. The molecule has 3 aromatic rings. The van der Waals surface area contributed by atoms with E-state index in [1.165, 1.54) is 5.56 Å². The molecule has 1 aromatic carbocycles. The lowest BCUT2D eigenvalue weighted by atomic mass is 10.1. The highest BCUT2D eigenvalue weighted by molar-refractivity contribution is 14.0. The zero-order valence-electron chi connectivity index (χ0n) is 18.0. The van der Waals surface area contributed by atoms with Gasteiger partial charge in [0.05, 0.1) is 30.8 Å². The summed E-state index contributed by atoms with van der Waals surface area (Å²) < 4.78 is 16.5. The number of halogens is 1. The van der Waals surface area contributed by atoms with Gasteiger partial charge in [-0.05, 0) is 48.9 Å². The molecule has 0 amide bonds. The van der Waals surface area contributed by atoms with E-state index in [-0.39, 0.29) is 24.0 Å². The first kappa shape index (κ1) is 25.0. The highest BCUT2D eigenvalue weighted by Crippen LogP contribution is 2.28. The second-order valence-electron chi connectivity index (χ2n) is 6.50. The quantitative estimate of drug-likeness (QED) is 0.163. The third-order valence-electron chi connectivity index (χ3n) is 4.41. The molecule has 0 unspecified atom stereocenters. The van der Waals surface area contributed by atoms with Gasteiger partial charge in [-0.3, -0.25) is 4.99 Å². The molecular formula is C22H29IN4O3S. The van der Waals surface area contributed by atoms with Crippen LogP contribution in [-0.4, -0.2) is 38.3 Å². The summed E-state index contributed by atoms with van der Waals surface area (Å²) in [5.41, 5.74) is 2.05. The van der Waals surface area contributed by atoms with Gasteiger partial charge < -0.3 is 24.5 Å². The van der Waals surface area contributed by atoms with E-state index in [0.717, 1.165) is 47.4 Å². The van der Waals surface area contributed by atoms with E-state index in [1.807, 2.05) is 36.6 Å². The number of hydrogen-bond donors (Lipinski definition) is 2. The van der Waals surface area contributed by atoms with Crippen LogP contribution in [-0.2, 0) is 13.0 Å². The number of aromatic nitrogens is 1. The van der Waals surface area contributed by atoms with Crippen LogP contribution in [0.4, 0.5) is 0 Å². The number of hydrogen-bond acceptors (Lipinski definition) is 6. The Hall–Kier alpha value is -2.27. The molecule has 0 aliphatic rings. The highest BCUT2D eigenvalue weighted by Gasteiger charge is 2.08. The second-order valence-corrected chi connectivity index (χ2v) is 7.44. The molecule has 2 aromatic heterocycles. The molecule has 0 aliphatic carbocycles. The van der Waals surface area contributed by atoms with Gasteiger partial charge in [0.25, 0.3) is 0 Å². The molecule has 0 saturated carbocycles. The standard InChI is InChI=1S/C22H28N4O3S.HI/c1-4-28-19-13-16(9-10-18(19)27-3)7-5-11-24-22(23-2)25-14-17-15-29-21(26-17)20-8-6-12-30-20;/h6,8-10,12-13,15H,4-5,7,11,14H2,1-3H3,(H2,23,24,25);1H. The molecule has 2 heterocycles.